The average molecular weight is 372 g/mol. The lowest BCUT2D eigenvalue weighted by atomic mass is 10.1. The molecule has 5 nitrogen and oxygen atoms in total. The number of nitrogens with zero attached hydrogens (tertiary/aromatic N) is 1. The Morgan fingerprint density at radius 3 is 2.33 bits per heavy atom. The number of rotatable bonds is 9. The normalized spacial score (nSPS) is 11.5. The van der Waals surface area contributed by atoms with E-state index in [-0.39, 0.29) is 30.8 Å². The molecule has 0 unspecified atom stereocenters. The molecule has 27 heavy (non-hydrogen) atoms. The molecule has 1 N–H and O–H groups in total. The van der Waals surface area contributed by atoms with Gasteiger partial charge < -0.3 is 15.0 Å². The minimum absolute atomic E-state index is 0.179. The summed E-state index contributed by atoms with van der Waals surface area (Å²) in [4.78, 5) is 26.8. The maximum absolute atomic E-state index is 13.2. The van der Waals surface area contributed by atoms with E-state index in [1.165, 1.54) is 17.0 Å². The van der Waals surface area contributed by atoms with E-state index < -0.39 is 6.04 Å². The van der Waals surface area contributed by atoms with Crippen molar-refractivity contribution in [1.82, 2.24) is 10.2 Å². The highest BCUT2D eigenvalue weighted by atomic mass is 19.1. The van der Waals surface area contributed by atoms with Crippen LogP contribution in [0.1, 0.15) is 25.8 Å². The van der Waals surface area contributed by atoms with Gasteiger partial charge in [0.15, 0.2) is 6.61 Å². The highest BCUT2D eigenvalue weighted by molar-refractivity contribution is 5.88. The molecular formula is C21H25FN2O3. The minimum Gasteiger partial charge on any atom is -0.484 e. The number of amides is 2. The molecule has 0 saturated carbocycles. The van der Waals surface area contributed by atoms with E-state index in [0.717, 1.165) is 5.56 Å². The number of benzene rings is 2. The van der Waals surface area contributed by atoms with E-state index in [0.29, 0.717) is 18.7 Å². The number of hydrogen-bond donors (Lipinski definition) is 1. The zero-order valence-electron chi connectivity index (χ0n) is 15.7. The fourth-order valence-corrected chi connectivity index (χ4v) is 2.74. The summed E-state index contributed by atoms with van der Waals surface area (Å²) in [5, 5.41) is 2.77. The first kappa shape index (κ1) is 20.4. The topological polar surface area (TPSA) is 58.6 Å². The number of nitrogens with one attached hydrogen (secondary N) is 1. The number of halogens is 1. The Balaban J connectivity index is 2.17. The van der Waals surface area contributed by atoms with Crippen molar-refractivity contribution in [2.75, 3.05) is 13.2 Å². The number of carbonyl (C=O) groups excluding carboxylic acids is 2. The number of carbonyl (C=O) groups is 2. The average Bonchev–Trinajstić information content (AvgIpc) is 2.68. The molecule has 6 heteroatoms. The van der Waals surface area contributed by atoms with E-state index in [9.17, 15) is 14.0 Å². The Hall–Kier alpha value is -2.89. The third-order valence-electron chi connectivity index (χ3n) is 4.11. The second kappa shape index (κ2) is 10.3. The van der Waals surface area contributed by atoms with Crippen LogP contribution in [0.15, 0.2) is 54.6 Å². The quantitative estimate of drug-likeness (QED) is 0.736. The lowest BCUT2D eigenvalue weighted by Crippen LogP contribution is -2.50. The maximum Gasteiger partial charge on any atom is 0.261 e. The first-order valence-electron chi connectivity index (χ1n) is 9.04. The summed E-state index contributed by atoms with van der Waals surface area (Å²) in [7, 11) is 0. The van der Waals surface area contributed by atoms with Gasteiger partial charge in [0.2, 0.25) is 5.91 Å². The Kier molecular flexibility index (Phi) is 7.79. The molecule has 0 saturated heterocycles. The number of para-hydroxylation sites is 1. The molecule has 1 atom stereocenters. The van der Waals surface area contributed by atoms with Crippen LogP contribution in [-0.2, 0) is 16.1 Å². The Morgan fingerprint density at radius 2 is 1.74 bits per heavy atom. The van der Waals surface area contributed by atoms with Crippen LogP contribution in [0.2, 0.25) is 0 Å². The van der Waals surface area contributed by atoms with Gasteiger partial charge >= 0.3 is 0 Å². The summed E-state index contributed by atoms with van der Waals surface area (Å²) in [5.74, 6) is -0.283. The van der Waals surface area contributed by atoms with Crippen LogP contribution in [0, 0.1) is 5.82 Å². The predicted molar refractivity (Wildman–Crippen MR) is 102 cm³/mol. The number of likely N-dealkylation sites (N-methyl/N-ethyl adjacent to an activating group) is 1. The molecule has 0 fully saturated rings. The minimum atomic E-state index is -0.623. The fraction of sp³-hybridized carbons (Fsp3) is 0.333. The second-order valence-corrected chi connectivity index (χ2v) is 6.07. The van der Waals surface area contributed by atoms with Gasteiger partial charge in [0.1, 0.15) is 17.6 Å². The molecule has 2 amide bonds. The molecular weight excluding hydrogens is 347 g/mol. The zero-order chi connectivity index (χ0) is 19.6. The number of ether oxygens (including phenoxy) is 1. The molecule has 0 aliphatic heterocycles. The highest BCUT2D eigenvalue weighted by Crippen LogP contribution is 2.14. The van der Waals surface area contributed by atoms with Crippen LogP contribution in [0.5, 0.6) is 5.75 Å². The Labute approximate surface area is 159 Å². The van der Waals surface area contributed by atoms with Gasteiger partial charge in [-0.2, -0.15) is 0 Å². The van der Waals surface area contributed by atoms with E-state index in [2.05, 4.69) is 5.32 Å². The van der Waals surface area contributed by atoms with Crippen molar-refractivity contribution in [3.63, 3.8) is 0 Å². The third kappa shape index (κ3) is 6.09. The molecule has 0 aromatic heterocycles. The third-order valence-corrected chi connectivity index (χ3v) is 4.11. The largest absolute Gasteiger partial charge is 0.484 e. The van der Waals surface area contributed by atoms with Crippen molar-refractivity contribution >= 4 is 11.8 Å². The van der Waals surface area contributed by atoms with Crippen molar-refractivity contribution < 1.29 is 18.7 Å². The molecule has 0 aliphatic carbocycles. The number of hydrogen-bond acceptors (Lipinski definition) is 3. The van der Waals surface area contributed by atoms with Gasteiger partial charge in [-0.3, -0.25) is 9.59 Å². The van der Waals surface area contributed by atoms with Crippen molar-refractivity contribution in [3.05, 3.63) is 66.0 Å². The van der Waals surface area contributed by atoms with Crippen LogP contribution in [0.25, 0.3) is 0 Å². The molecule has 0 radical (unpaired) electrons. The molecule has 144 valence electrons. The standard InChI is InChI=1S/C21H25FN2O3/c1-3-19(21(26)23-4-2)24(14-16-10-12-17(22)13-11-16)20(25)15-27-18-8-6-5-7-9-18/h5-13,19H,3-4,14-15H2,1-2H3,(H,23,26)/t19-/m0/s1. The van der Waals surface area contributed by atoms with Gasteiger partial charge in [-0.15, -0.1) is 0 Å². The van der Waals surface area contributed by atoms with Crippen molar-refractivity contribution in [3.8, 4) is 5.75 Å². The summed E-state index contributed by atoms with van der Waals surface area (Å²) in [5.41, 5.74) is 0.743. The van der Waals surface area contributed by atoms with Crippen molar-refractivity contribution in [2.24, 2.45) is 0 Å². The predicted octanol–water partition coefficient (Wildman–Crippen LogP) is 3.15. The first-order chi connectivity index (χ1) is 13.0. The summed E-state index contributed by atoms with van der Waals surface area (Å²) in [6, 6.07) is 14.3. The molecule has 0 aliphatic rings. The van der Waals surface area contributed by atoms with Crippen molar-refractivity contribution in [1.29, 1.82) is 0 Å². The van der Waals surface area contributed by atoms with Gasteiger partial charge in [-0.05, 0) is 43.2 Å². The van der Waals surface area contributed by atoms with E-state index in [1.54, 1.807) is 24.3 Å². The van der Waals surface area contributed by atoms with Gasteiger partial charge in [0, 0.05) is 13.1 Å². The fourth-order valence-electron chi connectivity index (χ4n) is 2.74. The van der Waals surface area contributed by atoms with E-state index in [1.807, 2.05) is 32.0 Å². The summed E-state index contributed by atoms with van der Waals surface area (Å²) in [6.07, 6.45) is 0.462. The van der Waals surface area contributed by atoms with Gasteiger partial charge in [-0.1, -0.05) is 37.3 Å². The lowest BCUT2D eigenvalue weighted by Gasteiger charge is -2.30. The SMILES string of the molecule is CCNC(=O)[C@H](CC)N(Cc1ccc(F)cc1)C(=O)COc1ccccc1. The molecule has 2 aromatic carbocycles. The van der Waals surface area contributed by atoms with Gasteiger partial charge in [-0.25, -0.2) is 4.39 Å². The second-order valence-electron chi connectivity index (χ2n) is 6.07. The molecule has 0 spiro atoms. The van der Waals surface area contributed by atoms with Crippen LogP contribution in [-0.4, -0.2) is 35.9 Å². The van der Waals surface area contributed by atoms with Crippen LogP contribution in [0.3, 0.4) is 0 Å². The van der Waals surface area contributed by atoms with E-state index in [4.69, 9.17) is 4.74 Å². The van der Waals surface area contributed by atoms with Crippen LogP contribution >= 0.6 is 0 Å². The van der Waals surface area contributed by atoms with Gasteiger partial charge in [0.05, 0.1) is 0 Å². The van der Waals surface area contributed by atoms with Crippen LogP contribution in [0.4, 0.5) is 4.39 Å². The van der Waals surface area contributed by atoms with Crippen LogP contribution < -0.4 is 10.1 Å². The Morgan fingerprint density at radius 1 is 1.07 bits per heavy atom. The van der Waals surface area contributed by atoms with E-state index >= 15 is 0 Å². The molecule has 2 aromatic rings. The molecule has 2 rings (SSSR count). The highest BCUT2D eigenvalue weighted by Gasteiger charge is 2.28. The summed E-state index contributed by atoms with van der Waals surface area (Å²) >= 11 is 0. The lowest BCUT2D eigenvalue weighted by molar-refractivity contribution is -0.142. The Bertz CT molecular complexity index is 735. The monoisotopic (exact) mass is 372 g/mol. The maximum atomic E-state index is 13.2. The summed E-state index contributed by atoms with van der Waals surface area (Å²) < 4.78 is 18.7. The summed E-state index contributed by atoms with van der Waals surface area (Å²) in [6.45, 7) is 4.18. The molecule has 0 heterocycles. The molecule has 0 bridgehead atoms. The first-order valence-corrected chi connectivity index (χ1v) is 9.04. The van der Waals surface area contributed by atoms with Gasteiger partial charge in [0.25, 0.3) is 5.91 Å². The smallest absolute Gasteiger partial charge is 0.261 e. The zero-order valence-corrected chi connectivity index (χ0v) is 15.7. The van der Waals surface area contributed by atoms with Crippen molar-refractivity contribution in [2.45, 2.75) is 32.9 Å².